The monoisotopic (exact) mass is 455 g/mol. The number of rotatable bonds is 5. The van der Waals surface area contributed by atoms with Crippen LogP contribution in [0.5, 0.6) is 0 Å². The van der Waals surface area contributed by atoms with Gasteiger partial charge in [0.25, 0.3) is 0 Å². The number of fused-ring (bicyclic) bond motifs is 1. The van der Waals surface area contributed by atoms with Crippen LogP contribution >= 0.6 is 11.6 Å². The fraction of sp³-hybridized carbons (Fsp3) is 0.273. The second kappa shape index (κ2) is 7.78. The molecule has 0 aliphatic carbocycles. The number of hydrogen-bond acceptors (Lipinski definition) is 4. The molecule has 31 heavy (non-hydrogen) atoms. The normalized spacial score (nSPS) is 19.9. The number of hydrogen-bond donors (Lipinski definition) is 1. The molecule has 4 aromatic rings. The minimum absolute atomic E-state index is 0.0965. The first-order valence-electron chi connectivity index (χ1n) is 10.1. The van der Waals surface area contributed by atoms with Gasteiger partial charge in [0.05, 0.1) is 22.9 Å². The number of benzene rings is 2. The highest BCUT2D eigenvalue weighted by atomic mass is 35.5. The van der Waals surface area contributed by atoms with Gasteiger partial charge in [0, 0.05) is 36.3 Å². The summed E-state index contributed by atoms with van der Waals surface area (Å²) in [6, 6.07) is 12.7. The Morgan fingerprint density at radius 2 is 2.00 bits per heavy atom. The summed E-state index contributed by atoms with van der Waals surface area (Å²) in [4.78, 5) is 0.167. The van der Waals surface area contributed by atoms with E-state index in [1.807, 2.05) is 24.0 Å². The maximum Gasteiger partial charge on any atom is 0.244 e. The van der Waals surface area contributed by atoms with Crippen LogP contribution in [-0.4, -0.2) is 45.3 Å². The van der Waals surface area contributed by atoms with Crippen LogP contribution in [0.15, 0.2) is 66.0 Å². The molecular weight excluding hydrogens is 434 g/mol. The topological polar surface area (TPSA) is 83.9 Å². The molecule has 0 saturated carbocycles. The van der Waals surface area contributed by atoms with Crippen LogP contribution in [0.1, 0.15) is 13.3 Å². The van der Waals surface area contributed by atoms with E-state index in [1.165, 1.54) is 0 Å². The first-order valence-corrected chi connectivity index (χ1v) is 12.0. The lowest BCUT2D eigenvalue weighted by atomic mass is 10.1. The number of nitrogens with one attached hydrogen (secondary N) is 1. The maximum absolute atomic E-state index is 13.2. The number of H-pyrrole nitrogens is 1. The van der Waals surface area contributed by atoms with Crippen LogP contribution in [0.4, 0.5) is 0 Å². The lowest BCUT2D eigenvalue weighted by molar-refractivity contribution is 0.396. The van der Waals surface area contributed by atoms with Gasteiger partial charge in [0.2, 0.25) is 10.0 Å². The second-order valence-corrected chi connectivity index (χ2v) is 10.3. The molecule has 7 nitrogen and oxygen atoms in total. The van der Waals surface area contributed by atoms with E-state index in [4.69, 9.17) is 11.6 Å². The molecule has 9 heteroatoms. The van der Waals surface area contributed by atoms with Crippen molar-refractivity contribution in [3.05, 3.63) is 66.1 Å². The first-order chi connectivity index (χ1) is 14.9. The number of nitrogens with zero attached hydrogens (tertiary/aromatic N) is 4. The van der Waals surface area contributed by atoms with Gasteiger partial charge in [0.1, 0.15) is 4.90 Å². The molecule has 0 bridgehead atoms. The highest BCUT2D eigenvalue weighted by Gasteiger charge is 2.38. The zero-order chi connectivity index (χ0) is 21.6. The van der Waals surface area contributed by atoms with Crippen molar-refractivity contribution in [1.29, 1.82) is 0 Å². The number of halogens is 1. The fourth-order valence-electron chi connectivity index (χ4n) is 4.42. The van der Waals surface area contributed by atoms with Crippen molar-refractivity contribution in [1.82, 2.24) is 24.3 Å². The van der Waals surface area contributed by atoms with Crippen molar-refractivity contribution in [3.8, 4) is 11.1 Å². The first kappa shape index (κ1) is 20.2. The molecule has 1 aliphatic rings. The zero-order valence-electron chi connectivity index (χ0n) is 16.9. The Kier molecular flexibility index (Phi) is 5.08. The number of aromatic amines is 1. The van der Waals surface area contributed by atoms with Gasteiger partial charge in [-0.15, -0.1) is 0 Å². The third-order valence-electron chi connectivity index (χ3n) is 5.93. The molecule has 2 aromatic heterocycles. The Labute approximate surface area is 185 Å². The van der Waals surface area contributed by atoms with Crippen LogP contribution in [0.2, 0.25) is 5.02 Å². The molecule has 5 rings (SSSR count). The van der Waals surface area contributed by atoms with Gasteiger partial charge >= 0.3 is 0 Å². The lowest BCUT2D eigenvalue weighted by Gasteiger charge is -2.21. The minimum atomic E-state index is -3.64. The standard InChI is InChI=1S/C22H22ClN5O2S/c1-15-8-16(14-28(15)31(29,30)22-5-3-2-4-20(22)23)13-27-21-7-6-17(9-18(21)12-26-27)19-10-24-25-11-19/h2-7,9-12,15-16H,8,13-14H2,1H3,(H,24,25)/t15-,16?/m1/s1. The summed E-state index contributed by atoms with van der Waals surface area (Å²) >= 11 is 6.18. The van der Waals surface area contributed by atoms with Crippen LogP contribution in [0.25, 0.3) is 22.0 Å². The summed E-state index contributed by atoms with van der Waals surface area (Å²) < 4.78 is 29.9. The van der Waals surface area contributed by atoms with Gasteiger partial charge in [-0.3, -0.25) is 9.78 Å². The van der Waals surface area contributed by atoms with E-state index >= 15 is 0 Å². The van der Waals surface area contributed by atoms with Crippen molar-refractivity contribution in [3.63, 3.8) is 0 Å². The van der Waals surface area contributed by atoms with E-state index in [0.717, 1.165) is 28.5 Å². The number of sulfonamides is 1. The average molecular weight is 456 g/mol. The second-order valence-electron chi connectivity index (χ2n) is 8.04. The SMILES string of the molecule is C[C@@H]1CC(Cn2ncc3cc(-c4cn[nH]c4)ccc32)CN1S(=O)(=O)c1ccccc1Cl. The van der Waals surface area contributed by atoms with E-state index in [-0.39, 0.29) is 21.9 Å². The average Bonchev–Trinajstić information content (AvgIpc) is 3.49. The quantitative estimate of drug-likeness (QED) is 0.489. The molecule has 0 spiro atoms. The molecule has 0 amide bonds. The smallest absolute Gasteiger partial charge is 0.244 e. The molecule has 2 aromatic carbocycles. The van der Waals surface area contributed by atoms with Gasteiger partial charge in [-0.1, -0.05) is 29.8 Å². The molecule has 3 heterocycles. The van der Waals surface area contributed by atoms with Crippen LogP contribution in [0, 0.1) is 5.92 Å². The van der Waals surface area contributed by atoms with E-state index in [0.29, 0.717) is 13.1 Å². The highest BCUT2D eigenvalue weighted by Crippen LogP contribution is 2.33. The Hall–Kier alpha value is -2.68. The third-order valence-corrected chi connectivity index (χ3v) is 8.41. The van der Waals surface area contributed by atoms with Crippen LogP contribution in [0.3, 0.4) is 0 Å². The maximum atomic E-state index is 13.2. The Balaban J connectivity index is 1.37. The van der Waals surface area contributed by atoms with Gasteiger partial charge in [-0.2, -0.15) is 14.5 Å². The molecule has 1 N–H and O–H groups in total. The zero-order valence-corrected chi connectivity index (χ0v) is 18.5. The van der Waals surface area contributed by atoms with Crippen molar-refractivity contribution >= 4 is 32.5 Å². The van der Waals surface area contributed by atoms with Crippen molar-refractivity contribution in [2.75, 3.05) is 6.54 Å². The summed E-state index contributed by atoms with van der Waals surface area (Å²) in [5, 5.41) is 12.7. The largest absolute Gasteiger partial charge is 0.285 e. The molecule has 1 aliphatic heterocycles. The Bertz CT molecular complexity index is 1330. The molecule has 1 fully saturated rings. The van der Waals surface area contributed by atoms with Gasteiger partial charge in [0.15, 0.2) is 0 Å². The predicted molar refractivity (Wildman–Crippen MR) is 120 cm³/mol. The summed E-state index contributed by atoms with van der Waals surface area (Å²) in [5.41, 5.74) is 3.14. The summed E-state index contributed by atoms with van der Waals surface area (Å²) in [5.74, 6) is 0.170. The molecule has 160 valence electrons. The Morgan fingerprint density at radius 1 is 1.16 bits per heavy atom. The van der Waals surface area contributed by atoms with Crippen molar-refractivity contribution in [2.24, 2.45) is 5.92 Å². The lowest BCUT2D eigenvalue weighted by Crippen LogP contribution is -2.34. The summed E-state index contributed by atoms with van der Waals surface area (Å²) in [6.07, 6.45) is 6.28. The molecule has 2 atom stereocenters. The van der Waals surface area contributed by atoms with Crippen molar-refractivity contribution in [2.45, 2.75) is 30.8 Å². The molecular formula is C22H22ClN5O2S. The van der Waals surface area contributed by atoms with Crippen LogP contribution < -0.4 is 0 Å². The van der Waals surface area contributed by atoms with Gasteiger partial charge < -0.3 is 0 Å². The fourth-order valence-corrected chi connectivity index (χ4v) is 6.63. The molecule has 0 radical (unpaired) electrons. The van der Waals surface area contributed by atoms with Crippen molar-refractivity contribution < 1.29 is 8.42 Å². The predicted octanol–water partition coefficient (Wildman–Crippen LogP) is 4.18. The third kappa shape index (κ3) is 3.64. The van der Waals surface area contributed by atoms with E-state index in [9.17, 15) is 8.42 Å². The van der Waals surface area contributed by atoms with Gasteiger partial charge in [-0.25, -0.2) is 8.42 Å². The summed E-state index contributed by atoms with van der Waals surface area (Å²) in [6.45, 7) is 3.06. The van der Waals surface area contributed by atoms with Crippen LogP contribution in [-0.2, 0) is 16.6 Å². The number of aromatic nitrogens is 4. The molecule has 1 unspecified atom stereocenters. The van der Waals surface area contributed by atoms with E-state index < -0.39 is 10.0 Å². The highest BCUT2D eigenvalue weighted by molar-refractivity contribution is 7.89. The Morgan fingerprint density at radius 3 is 2.77 bits per heavy atom. The summed E-state index contributed by atoms with van der Waals surface area (Å²) in [7, 11) is -3.64. The van der Waals surface area contributed by atoms with E-state index in [1.54, 1.807) is 34.8 Å². The van der Waals surface area contributed by atoms with Gasteiger partial charge in [-0.05, 0) is 49.1 Å². The molecule has 1 saturated heterocycles. The minimum Gasteiger partial charge on any atom is -0.285 e. The van der Waals surface area contributed by atoms with E-state index in [2.05, 4.69) is 33.5 Å².